The highest BCUT2D eigenvalue weighted by Crippen LogP contribution is 2.26. The van der Waals surface area contributed by atoms with E-state index in [1.54, 1.807) is 24.3 Å². The Labute approximate surface area is 187 Å². The molecule has 7 nitrogen and oxygen atoms in total. The molecule has 1 aliphatic heterocycles. The third-order valence-electron chi connectivity index (χ3n) is 4.92. The van der Waals surface area contributed by atoms with Gasteiger partial charge in [-0.25, -0.2) is 0 Å². The van der Waals surface area contributed by atoms with Crippen LogP contribution in [0.2, 0.25) is 5.02 Å². The largest absolute Gasteiger partial charge is 0.380 e. The number of imide groups is 1. The molecule has 1 aromatic heterocycles. The standard InChI is InChI=1S/C22H20ClN3O4S/c1-2-30-12-11-25-20-16(23)7-4-8-17(20)31-22(25)24-21(29)14-5-3-6-15(13-14)26-18(27)9-10-19(26)28/h3-8,13H,2,9-12H2,1H3. The third-order valence-corrected chi connectivity index (χ3v) is 6.26. The van der Waals surface area contributed by atoms with E-state index in [-0.39, 0.29) is 24.7 Å². The van der Waals surface area contributed by atoms with Gasteiger partial charge in [0.2, 0.25) is 11.8 Å². The lowest BCUT2D eigenvalue weighted by Crippen LogP contribution is -2.28. The lowest BCUT2D eigenvalue weighted by atomic mass is 10.2. The molecule has 160 valence electrons. The van der Waals surface area contributed by atoms with Crippen molar-refractivity contribution in [2.24, 2.45) is 4.99 Å². The molecule has 0 N–H and O–H groups in total. The fourth-order valence-corrected chi connectivity index (χ4v) is 4.89. The van der Waals surface area contributed by atoms with Crippen LogP contribution in [0.5, 0.6) is 0 Å². The molecule has 1 aliphatic rings. The van der Waals surface area contributed by atoms with Crippen molar-refractivity contribution in [2.45, 2.75) is 26.3 Å². The summed E-state index contributed by atoms with van der Waals surface area (Å²) in [6, 6.07) is 12.0. The summed E-state index contributed by atoms with van der Waals surface area (Å²) in [5, 5.41) is 0.576. The highest BCUT2D eigenvalue weighted by molar-refractivity contribution is 7.16. The van der Waals surface area contributed by atoms with Gasteiger partial charge in [-0.15, -0.1) is 0 Å². The van der Waals surface area contributed by atoms with E-state index >= 15 is 0 Å². The van der Waals surface area contributed by atoms with Gasteiger partial charge >= 0.3 is 0 Å². The van der Waals surface area contributed by atoms with Gasteiger partial charge in [0.25, 0.3) is 5.91 Å². The fourth-order valence-electron chi connectivity index (χ4n) is 3.47. The van der Waals surface area contributed by atoms with E-state index in [2.05, 4.69) is 4.99 Å². The molecule has 0 bridgehead atoms. The third kappa shape index (κ3) is 4.32. The van der Waals surface area contributed by atoms with Crippen molar-refractivity contribution in [1.82, 2.24) is 4.57 Å². The van der Waals surface area contributed by atoms with Crippen molar-refractivity contribution in [1.29, 1.82) is 0 Å². The van der Waals surface area contributed by atoms with Crippen LogP contribution in [0.25, 0.3) is 10.2 Å². The normalized spacial score (nSPS) is 14.8. The summed E-state index contributed by atoms with van der Waals surface area (Å²) in [5.41, 5.74) is 1.49. The Morgan fingerprint density at radius 2 is 1.90 bits per heavy atom. The molecule has 0 unspecified atom stereocenters. The molecule has 1 saturated heterocycles. The number of carbonyl (C=O) groups excluding carboxylic acids is 3. The molecule has 0 spiro atoms. The van der Waals surface area contributed by atoms with Crippen LogP contribution < -0.4 is 9.70 Å². The smallest absolute Gasteiger partial charge is 0.279 e. The Morgan fingerprint density at radius 3 is 2.65 bits per heavy atom. The minimum absolute atomic E-state index is 0.184. The van der Waals surface area contributed by atoms with Gasteiger partial charge in [0.15, 0.2) is 4.80 Å². The molecule has 2 heterocycles. The maximum absolute atomic E-state index is 13.0. The zero-order valence-corrected chi connectivity index (χ0v) is 18.4. The predicted molar refractivity (Wildman–Crippen MR) is 119 cm³/mol. The number of anilines is 1. The molecule has 31 heavy (non-hydrogen) atoms. The van der Waals surface area contributed by atoms with Gasteiger partial charge in [-0.3, -0.25) is 19.3 Å². The van der Waals surface area contributed by atoms with E-state index in [0.717, 1.165) is 15.1 Å². The molecule has 2 aromatic carbocycles. The van der Waals surface area contributed by atoms with Crippen molar-refractivity contribution in [3.63, 3.8) is 0 Å². The van der Waals surface area contributed by atoms with Crippen LogP contribution in [-0.2, 0) is 20.9 Å². The number of ether oxygens (including phenoxy) is 1. The monoisotopic (exact) mass is 457 g/mol. The molecule has 1 fully saturated rings. The van der Waals surface area contributed by atoms with Gasteiger partial charge in [-0.05, 0) is 37.3 Å². The zero-order chi connectivity index (χ0) is 22.0. The fraction of sp³-hybridized carbons (Fsp3) is 0.273. The molecule has 0 saturated carbocycles. The Morgan fingerprint density at radius 1 is 1.16 bits per heavy atom. The first-order valence-electron chi connectivity index (χ1n) is 9.90. The van der Waals surface area contributed by atoms with E-state index in [1.165, 1.54) is 17.4 Å². The molecular formula is C22H20ClN3O4S. The zero-order valence-electron chi connectivity index (χ0n) is 16.8. The summed E-state index contributed by atoms with van der Waals surface area (Å²) < 4.78 is 8.27. The van der Waals surface area contributed by atoms with E-state index < -0.39 is 5.91 Å². The number of halogens is 1. The highest BCUT2D eigenvalue weighted by Gasteiger charge is 2.30. The summed E-state index contributed by atoms with van der Waals surface area (Å²) in [4.78, 5) is 43.0. The molecule has 4 rings (SSSR count). The van der Waals surface area contributed by atoms with Crippen LogP contribution in [-0.4, -0.2) is 35.5 Å². The second-order valence-corrected chi connectivity index (χ2v) is 8.33. The summed E-state index contributed by atoms with van der Waals surface area (Å²) in [7, 11) is 0. The maximum Gasteiger partial charge on any atom is 0.279 e. The second kappa shape index (κ2) is 9.13. The number of amides is 3. The van der Waals surface area contributed by atoms with Crippen molar-refractivity contribution in [2.75, 3.05) is 18.1 Å². The quantitative estimate of drug-likeness (QED) is 0.416. The second-order valence-electron chi connectivity index (χ2n) is 6.91. The first kappa shape index (κ1) is 21.4. The Hall–Kier alpha value is -2.81. The van der Waals surface area contributed by atoms with Crippen molar-refractivity contribution in [3.05, 3.63) is 57.9 Å². The number of hydrogen-bond donors (Lipinski definition) is 0. The summed E-state index contributed by atoms with van der Waals surface area (Å²) in [5.74, 6) is -0.993. The topological polar surface area (TPSA) is 81.0 Å². The van der Waals surface area contributed by atoms with Crippen LogP contribution >= 0.6 is 22.9 Å². The number of para-hydroxylation sites is 1. The Bertz CT molecular complexity index is 1230. The van der Waals surface area contributed by atoms with E-state index in [4.69, 9.17) is 16.3 Å². The average Bonchev–Trinajstić information content (AvgIpc) is 3.28. The maximum atomic E-state index is 13.0. The number of benzene rings is 2. The molecule has 0 radical (unpaired) electrons. The van der Waals surface area contributed by atoms with E-state index in [0.29, 0.717) is 40.8 Å². The van der Waals surface area contributed by atoms with Gasteiger partial charge < -0.3 is 9.30 Å². The SMILES string of the molecule is CCOCCn1c(=NC(=O)c2cccc(N3C(=O)CCC3=O)c2)sc2cccc(Cl)c21. The van der Waals surface area contributed by atoms with Crippen LogP contribution in [0.15, 0.2) is 47.5 Å². The summed E-state index contributed by atoms with van der Waals surface area (Å²) in [6.45, 7) is 3.47. The van der Waals surface area contributed by atoms with Gasteiger partial charge in [0.05, 0.1) is 27.5 Å². The van der Waals surface area contributed by atoms with Crippen molar-refractivity contribution < 1.29 is 19.1 Å². The van der Waals surface area contributed by atoms with Gasteiger partial charge in [0.1, 0.15) is 0 Å². The average molecular weight is 458 g/mol. The number of aromatic nitrogens is 1. The summed E-state index contributed by atoms with van der Waals surface area (Å²) in [6.07, 6.45) is 0.369. The van der Waals surface area contributed by atoms with Gasteiger partial charge in [-0.1, -0.05) is 35.1 Å². The van der Waals surface area contributed by atoms with Gasteiger partial charge in [0, 0.05) is 31.6 Å². The van der Waals surface area contributed by atoms with E-state index in [1.807, 2.05) is 23.6 Å². The number of carbonyl (C=O) groups is 3. The number of nitrogens with zero attached hydrogens (tertiary/aromatic N) is 3. The summed E-state index contributed by atoms with van der Waals surface area (Å²) >= 11 is 7.78. The highest BCUT2D eigenvalue weighted by atomic mass is 35.5. The van der Waals surface area contributed by atoms with Gasteiger partial charge in [-0.2, -0.15) is 4.99 Å². The Balaban J connectivity index is 1.73. The first-order valence-corrected chi connectivity index (χ1v) is 11.1. The molecular weight excluding hydrogens is 438 g/mol. The molecule has 0 aliphatic carbocycles. The molecule has 3 amide bonds. The van der Waals surface area contributed by atoms with Crippen molar-refractivity contribution in [3.8, 4) is 0 Å². The van der Waals surface area contributed by atoms with Crippen LogP contribution in [0.4, 0.5) is 5.69 Å². The van der Waals surface area contributed by atoms with E-state index in [9.17, 15) is 14.4 Å². The minimum atomic E-state index is -0.464. The Kier molecular flexibility index (Phi) is 6.31. The first-order chi connectivity index (χ1) is 15.0. The molecule has 9 heteroatoms. The molecule has 3 aromatic rings. The van der Waals surface area contributed by atoms with Crippen LogP contribution in [0, 0.1) is 0 Å². The molecule has 0 atom stereocenters. The number of fused-ring (bicyclic) bond motifs is 1. The number of hydrogen-bond acceptors (Lipinski definition) is 5. The number of rotatable bonds is 6. The minimum Gasteiger partial charge on any atom is -0.380 e. The van der Waals surface area contributed by atoms with Crippen LogP contribution in [0.1, 0.15) is 30.1 Å². The lowest BCUT2D eigenvalue weighted by molar-refractivity contribution is -0.121. The predicted octanol–water partition coefficient (Wildman–Crippen LogP) is 3.79. The van der Waals surface area contributed by atoms with Crippen molar-refractivity contribution >= 4 is 56.6 Å². The number of thiazole rings is 1. The van der Waals surface area contributed by atoms with Crippen LogP contribution in [0.3, 0.4) is 0 Å². The lowest BCUT2D eigenvalue weighted by Gasteiger charge is -2.14.